The number of hydrogen-bond donors (Lipinski definition) is 10. The lowest BCUT2D eigenvalue weighted by Crippen LogP contribution is -2.60. The standard InChI is InChI=1S/C37H68N10O9S/c1-20(2)16-23(38)30(49)46-28(19-48)33(52)44-26(17-21(3)4)32(51)43-25(12-15-57-7)35(54)47-14-9-11-29(47)34(53)42-24(10-8-13-41-37(39)40)31(50)45-27(36(55)56)18-22(5)6/h20-29,48H,8-19,38H2,1-7H3,(H,42,53)(H,43,51)(H,44,52)(H,45,50)(H,46,49)(H,55,56)(H4,39,40,41)/t23-,24-,25-,26-,27-,28-,29-/m0/s1. The second-order valence-corrected chi connectivity index (χ2v) is 16.7. The number of carboxylic acid groups (broad SMARTS) is 1. The van der Waals surface area contributed by atoms with Crippen molar-refractivity contribution >= 4 is 59.1 Å². The summed E-state index contributed by atoms with van der Waals surface area (Å²) in [6.07, 6.45) is 3.81. The first kappa shape index (κ1) is 50.8. The van der Waals surface area contributed by atoms with Crippen LogP contribution in [0.2, 0.25) is 0 Å². The van der Waals surface area contributed by atoms with E-state index in [0.29, 0.717) is 18.6 Å². The van der Waals surface area contributed by atoms with Gasteiger partial charge in [-0.2, -0.15) is 11.8 Å². The molecular weight excluding hydrogens is 761 g/mol. The van der Waals surface area contributed by atoms with Crippen molar-refractivity contribution in [2.75, 3.05) is 31.7 Å². The quantitative estimate of drug-likeness (QED) is 0.0277. The van der Waals surface area contributed by atoms with Gasteiger partial charge in [0.2, 0.25) is 35.4 Å². The maximum absolute atomic E-state index is 14.2. The van der Waals surface area contributed by atoms with Crippen LogP contribution in [0.3, 0.4) is 0 Å². The Labute approximate surface area is 340 Å². The molecule has 0 bridgehead atoms. The highest BCUT2D eigenvalue weighted by Gasteiger charge is 2.40. The number of nitrogens with zero attached hydrogens (tertiary/aromatic N) is 2. The summed E-state index contributed by atoms with van der Waals surface area (Å²) in [6, 6.07) is -7.85. The third-order valence-electron chi connectivity index (χ3n) is 9.18. The molecule has 19 nitrogen and oxygen atoms in total. The zero-order valence-electron chi connectivity index (χ0n) is 34.5. The lowest BCUT2D eigenvalue weighted by Gasteiger charge is -2.31. The molecule has 0 aromatic rings. The Morgan fingerprint density at radius 1 is 0.737 bits per heavy atom. The topological polar surface area (TPSA) is 314 Å². The molecule has 0 unspecified atom stereocenters. The van der Waals surface area contributed by atoms with E-state index in [1.54, 1.807) is 0 Å². The number of hydrogen-bond acceptors (Lipinski definition) is 11. The molecule has 1 fully saturated rings. The number of nitrogens with one attached hydrogen (secondary N) is 5. The van der Waals surface area contributed by atoms with Gasteiger partial charge in [-0.1, -0.05) is 41.5 Å². The smallest absolute Gasteiger partial charge is 0.326 e. The predicted molar refractivity (Wildman–Crippen MR) is 218 cm³/mol. The van der Waals surface area contributed by atoms with Crippen LogP contribution < -0.4 is 43.8 Å². The number of aliphatic hydroxyl groups is 1. The van der Waals surface area contributed by atoms with Crippen molar-refractivity contribution < 1.29 is 43.8 Å². The van der Waals surface area contributed by atoms with E-state index < -0.39 is 90.3 Å². The number of aliphatic imine (C=N–C) groups is 1. The van der Waals surface area contributed by atoms with Crippen LogP contribution in [0.15, 0.2) is 4.99 Å². The summed E-state index contributed by atoms with van der Waals surface area (Å²) in [6.45, 7) is 10.7. The Bertz CT molecular complexity index is 1380. The van der Waals surface area contributed by atoms with E-state index in [2.05, 4.69) is 31.6 Å². The average molecular weight is 829 g/mol. The lowest BCUT2D eigenvalue weighted by molar-refractivity contribution is -0.144. The molecule has 6 amide bonds. The lowest BCUT2D eigenvalue weighted by atomic mass is 10.0. The van der Waals surface area contributed by atoms with Crippen LogP contribution in [-0.2, 0) is 33.6 Å². The van der Waals surface area contributed by atoms with E-state index in [1.807, 2.05) is 47.8 Å². The van der Waals surface area contributed by atoms with Crippen molar-refractivity contribution in [3.8, 4) is 0 Å². The Morgan fingerprint density at radius 3 is 1.81 bits per heavy atom. The maximum atomic E-state index is 14.2. The molecule has 57 heavy (non-hydrogen) atoms. The summed E-state index contributed by atoms with van der Waals surface area (Å²) in [5.41, 5.74) is 16.8. The van der Waals surface area contributed by atoms with E-state index in [0.717, 1.165) is 0 Å². The Balaban J connectivity index is 3.26. The molecule has 20 heteroatoms. The van der Waals surface area contributed by atoms with Crippen molar-refractivity contribution in [2.45, 2.75) is 135 Å². The molecule has 1 rings (SSSR count). The van der Waals surface area contributed by atoms with Gasteiger partial charge in [-0.15, -0.1) is 0 Å². The summed E-state index contributed by atoms with van der Waals surface area (Å²) in [4.78, 5) is 98.2. The second-order valence-electron chi connectivity index (χ2n) is 15.7. The van der Waals surface area contributed by atoms with Crippen LogP contribution >= 0.6 is 11.8 Å². The van der Waals surface area contributed by atoms with Crippen LogP contribution in [-0.4, -0.2) is 136 Å². The minimum atomic E-state index is -1.38. The average Bonchev–Trinajstić information content (AvgIpc) is 3.62. The number of nitrogens with two attached hydrogens (primary N) is 3. The monoisotopic (exact) mass is 828 g/mol. The van der Waals surface area contributed by atoms with Crippen LogP contribution in [0.4, 0.5) is 0 Å². The van der Waals surface area contributed by atoms with Crippen molar-refractivity contribution in [1.29, 1.82) is 0 Å². The van der Waals surface area contributed by atoms with Crippen LogP contribution in [0.1, 0.15) is 92.9 Å². The Hall–Kier alpha value is -4.17. The molecule has 0 aromatic carbocycles. The van der Waals surface area contributed by atoms with Crippen LogP contribution in [0.5, 0.6) is 0 Å². The molecule has 326 valence electrons. The first-order valence-electron chi connectivity index (χ1n) is 19.7. The summed E-state index contributed by atoms with van der Waals surface area (Å²) in [5.74, 6) is -4.86. The minimum absolute atomic E-state index is 0.0418. The van der Waals surface area contributed by atoms with Crippen molar-refractivity contribution in [1.82, 2.24) is 31.5 Å². The number of aliphatic hydroxyl groups excluding tert-OH is 1. The molecule has 1 aliphatic rings. The van der Waals surface area contributed by atoms with Gasteiger partial charge in [0.25, 0.3) is 0 Å². The van der Waals surface area contributed by atoms with E-state index >= 15 is 0 Å². The van der Waals surface area contributed by atoms with Gasteiger partial charge >= 0.3 is 5.97 Å². The Morgan fingerprint density at radius 2 is 1.26 bits per heavy atom. The molecule has 7 atom stereocenters. The third kappa shape index (κ3) is 18.8. The molecule has 0 saturated carbocycles. The summed E-state index contributed by atoms with van der Waals surface area (Å²) < 4.78 is 0. The SMILES string of the molecule is CSCC[C@H](NC(=O)[C@H](CC(C)C)NC(=O)[C@H](CO)NC(=O)[C@@H](N)CC(C)C)C(=O)N1CCC[C@H]1C(=O)N[C@@H](CCCN=C(N)N)C(=O)N[C@@H](CC(C)C)C(=O)O. The number of carboxylic acids is 1. The highest BCUT2D eigenvalue weighted by atomic mass is 32.2. The van der Waals surface area contributed by atoms with Crippen LogP contribution in [0, 0.1) is 17.8 Å². The van der Waals surface area contributed by atoms with Crippen molar-refractivity contribution in [2.24, 2.45) is 39.9 Å². The second kappa shape index (κ2) is 26.0. The molecule has 0 aliphatic carbocycles. The number of thioether (sulfide) groups is 1. The van der Waals surface area contributed by atoms with Crippen molar-refractivity contribution in [3.63, 3.8) is 0 Å². The van der Waals surface area contributed by atoms with Gasteiger partial charge in [0, 0.05) is 13.1 Å². The van der Waals surface area contributed by atoms with Crippen LogP contribution in [0.25, 0.3) is 0 Å². The normalized spacial score (nSPS) is 17.2. The predicted octanol–water partition coefficient (Wildman–Crippen LogP) is -1.25. The number of aliphatic carboxylic acids is 1. The van der Waals surface area contributed by atoms with Gasteiger partial charge < -0.3 is 58.9 Å². The number of carbonyl (C=O) groups is 7. The molecule has 0 radical (unpaired) electrons. The fraction of sp³-hybridized carbons (Fsp3) is 0.784. The van der Waals surface area contributed by atoms with Gasteiger partial charge in [-0.05, 0) is 81.1 Å². The molecule has 13 N–H and O–H groups in total. The number of guanidine groups is 1. The zero-order chi connectivity index (χ0) is 43.4. The molecule has 0 aromatic heterocycles. The van der Waals surface area contributed by atoms with E-state index in [9.17, 15) is 43.8 Å². The summed E-state index contributed by atoms with van der Waals surface area (Å²) in [5, 5.41) is 32.7. The van der Waals surface area contributed by atoms with Gasteiger partial charge in [-0.3, -0.25) is 33.8 Å². The number of likely N-dealkylation sites (tertiary alicyclic amines) is 1. The maximum Gasteiger partial charge on any atom is 0.326 e. The molecular formula is C37H68N10O9S. The van der Waals surface area contributed by atoms with Gasteiger partial charge in [0.05, 0.1) is 12.6 Å². The minimum Gasteiger partial charge on any atom is -0.480 e. The third-order valence-corrected chi connectivity index (χ3v) is 9.83. The van der Waals surface area contributed by atoms with Crippen molar-refractivity contribution in [3.05, 3.63) is 0 Å². The number of amides is 6. The fourth-order valence-electron chi connectivity index (χ4n) is 6.34. The Kier molecular flexibility index (Phi) is 23.2. The van der Waals surface area contributed by atoms with Gasteiger partial charge in [0.1, 0.15) is 36.3 Å². The molecule has 1 heterocycles. The van der Waals surface area contributed by atoms with Gasteiger partial charge in [-0.25, -0.2) is 4.79 Å². The summed E-state index contributed by atoms with van der Waals surface area (Å²) >= 11 is 1.44. The molecule has 0 spiro atoms. The number of rotatable bonds is 26. The fourth-order valence-corrected chi connectivity index (χ4v) is 6.81. The summed E-state index contributed by atoms with van der Waals surface area (Å²) in [7, 11) is 0. The zero-order valence-corrected chi connectivity index (χ0v) is 35.4. The highest BCUT2D eigenvalue weighted by molar-refractivity contribution is 7.98. The van der Waals surface area contributed by atoms with E-state index in [-0.39, 0.29) is 75.3 Å². The van der Waals surface area contributed by atoms with E-state index in [1.165, 1.54) is 16.7 Å². The first-order valence-corrected chi connectivity index (χ1v) is 21.1. The largest absolute Gasteiger partial charge is 0.480 e. The molecule has 1 saturated heterocycles. The van der Waals surface area contributed by atoms with E-state index in [4.69, 9.17) is 17.2 Å². The number of carbonyl (C=O) groups excluding carboxylic acids is 6. The highest BCUT2D eigenvalue weighted by Crippen LogP contribution is 2.21. The first-order chi connectivity index (χ1) is 26.7. The van der Waals surface area contributed by atoms with Gasteiger partial charge in [0.15, 0.2) is 5.96 Å². The molecule has 1 aliphatic heterocycles.